The van der Waals surface area contributed by atoms with Crippen molar-refractivity contribution in [3.63, 3.8) is 0 Å². The highest BCUT2D eigenvalue weighted by molar-refractivity contribution is 9.10. The normalized spacial score (nSPS) is 16.3. The van der Waals surface area contributed by atoms with Gasteiger partial charge >= 0.3 is 5.97 Å². The third-order valence-corrected chi connectivity index (χ3v) is 7.10. The summed E-state index contributed by atoms with van der Waals surface area (Å²) in [6.45, 7) is 4.13. The minimum Gasteiger partial charge on any atom is -0.468 e. The van der Waals surface area contributed by atoms with E-state index in [1.54, 1.807) is 0 Å². The molecule has 1 N–H and O–H groups in total. The molecule has 3 aromatic rings. The van der Waals surface area contributed by atoms with Crippen molar-refractivity contribution in [1.82, 2.24) is 9.88 Å². The van der Waals surface area contributed by atoms with Gasteiger partial charge in [-0.25, -0.2) is 4.99 Å². The number of amides is 1. The van der Waals surface area contributed by atoms with Crippen molar-refractivity contribution < 1.29 is 14.3 Å². The first-order chi connectivity index (χ1) is 14.9. The largest absolute Gasteiger partial charge is 0.468 e. The van der Waals surface area contributed by atoms with Gasteiger partial charge in [0.2, 0.25) is 0 Å². The second kappa shape index (κ2) is 8.72. The number of hydrogen-bond acceptors (Lipinski definition) is 5. The molecule has 1 aromatic heterocycles. The number of benzene rings is 2. The van der Waals surface area contributed by atoms with Gasteiger partial charge in [-0.05, 0) is 61.0 Å². The SMILES string of the molecule is COC(=O)Cn1cc(/C=C2\SC(=Nc3cc(C)c(Br)c(C)c3)NC2=O)c2ccccc21. The molecule has 0 aliphatic carbocycles. The molecule has 1 aliphatic rings. The number of hydrogen-bond donors (Lipinski definition) is 1. The van der Waals surface area contributed by atoms with E-state index >= 15 is 0 Å². The highest BCUT2D eigenvalue weighted by atomic mass is 79.9. The molecule has 2 heterocycles. The highest BCUT2D eigenvalue weighted by Gasteiger charge is 2.24. The molecule has 1 fully saturated rings. The summed E-state index contributed by atoms with van der Waals surface area (Å²) in [5.41, 5.74) is 4.72. The average Bonchev–Trinajstić information content (AvgIpc) is 3.26. The van der Waals surface area contributed by atoms with Gasteiger partial charge in [0.25, 0.3) is 5.91 Å². The van der Waals surface area contributed by atoms with Crippen LogP contribution >= 0.6 is 27.7 Å². The predicted molar refractivity (Wildman–Crippen MR) is 128 cm³/mol. The van der Waals surface area contributed by atoms with Crippen LogP contribution in [0.1, 0.15) is 16.7 Å². The Hall–Kier alpha value is -2.84. The van der Waals surface area contributed by atoms with Crippen molar-refractivity contribution in [1.29, 1.82) is 0 Å². The summed E-state index contributed by atoms with van der Waals surface area (Å²) in [6.07, 6.45) is 3.69. The van der Waals surface area contributed by atoms with E-state index in [4.69, 9.17) is 4.74 Å². The number of aryl methyl sites for hydroxylation is 2. The van der Waals surface area contributed by atoms with Crippen LogP contribution < -0.4 is 5.32 Å². The number of amidine groups is 1. The predicted octanol–water partition coefficient (Wildman–Crippen LogP) is 5.09. The van der Waals surface area contributed by atoms with Crippen molar-refractivity contribution in [3.8, 4) is 0 Å². The molecular formula is C23H20BrN3O3S. The van der Waals surface area contributed by atoms with E-state index in [1.807, 2.05) is 67.1 Å². The van der Waals surface area contributed by atoms with Crippen LogP contribution in [0.2, 0.25) is 0 Å². The molecular weight excluding hydrogens is 478 g/mol. The smallest absolute Gasteiger partial charge is 0.325 e. The molecule has 2 aromatic carbocycles. The summed E-state index contributed by atoms with van der Waals surface area (Å²) in [6, 6.07) is 11.7. The number of esters is 1. The first-order valence-electron chi connectivity index (χ1n) is 9.56. The third kappa shape index (κ3) is 4.45. The molecule has 0 spiro atoms. The fourth-order valence-corrected chi connectivity index (χ4v) is 4.51. The van der Waals surface area contributed by atoms with Crippen molar-refractivity contribution in [3.05, 3.63) is 68.7 Å². The van der Waals surface area contributed by atoms with E-state index in [0.717, 1.165) is 37.8 Å². The first kappa shape index (κ1) is 21.4. The van der Waals surface area contributed by atoms with Gasteiger partial charge in [-0.3, -0.25) is 9.59 Å². The van der Waals surface area contributed by atoms with Crippen LogP contribution in [0.25, 0.3) is 17.0 Å². The molecule has 1 aliphatic heterocycles. The van der Waals surface area contributed by atoms with E-state index in [-0.39, 0.29) is 18.4 Å². The number of methoxy groups -OCH3 is 1. The number of aromatic nitrogens is 1. The number of fused-ring (bicyclic) bond motifs is 1. The van der Waals surface area contributed by atoms with E-state index in [2.05, 4.69) is 26.2 Å². The van der Waals surface area contributed by atoms with Crippen LogP contribution in [0, 0.1) is 13.8 Å². The molecule has 0 bridgehead atoms. The molecule has 0 radical (unpaired) electrons. The van der Waals surface area contributed by atoms with Gasteiger partial charge in [-0.1, -0.05) is 34.1 Å². The van der Waals surface area contributed by atoms with E-state index in [1.165, 1.54) is 18.9 Å². The van der Waals surface area contributed by atoms with Gasteiger partial charge in [0.1, 0.15) is 6.54 Å². The fourth-order valence-electron chi connectivity index (χ4n) is 3.45. The van der Waals surface area contributed by atoms with Crippen LogP contribution in [0.5, 0.6) is 0 Å². The zero-order valence-electron chi connectivity index (χ0n) is 17.2. The van der Waals surface area contributed by atoms with Crippen molar-refractivity contribution >= 4 is 67.4 Å². The molecule has 1 amide bonds. The number of rotatable bonds is 4. The quantitative estimate of drug-likeness (QED) is 0.402. The van der Waals surface area contributed by atoms with Crippen LogP contribution in [0.4, 0.5) is 5.69 Å². The Morgan fingerprint density at radius 1 is 1.26 bits per heavy atom. The lowest BCUT2D eigenvalue weighted by Gasteiger charge is -2.04. The van der Waals surface area contributed by atoms with Gasteiger partial charge in [-0.2, -0.15) is 0 Å². The van der Waals surface area contributed by atoms with E-state index in [0.29, 0.717) is 10.1 Å². The highest BCUT2D eigenvalue weighted by Crippen LogP contribution is 2.32. The van der Waals surface area contributed by atoms with Gasteiger partial charge < -0.3 is 14.6 Å². The van der Waals surface area contributed by atoms with Crippen molar-refractivity contribution in [2.24, 2.45) is 4.99 Å². The summed E-state index contributed by atoms with van der Waals surface area (Å²) in [5, 5.41) is 4.33. The van der Waals surface area contributed by atoms with Gasteiger partial charge in [0.05, 0.1) is 17.7 Å². The molecule has 158 valence electrons. The maximum absolute atomic E-state index is 12.6. The van der Waals surface area contributed by atoms with Crippen molar-refractivity contribution in [2.75, 3.05) is 7.11 Å². The summed E-state index contributed by atoms with van der Waals surface area (Å²) in [7, 11) is 1.37. The Kier molecular flexibility index (Phi) is 6.02. The maximum Gasteiger partial charge on any atom is 0.325 e. The number of carbonyl (C=O) groups is 2. The van der Waals surface area contributed by atoms with E-state index < -0.39 is 0 Å². The van der Waals surface area contributed by atoms with Gasteiger partial charge in [-0.15, -0.1) is 0 Å². The van der Waals surface area contributed by atoms with Crippen LogP contribution in [-0.2, 0) is 20.9 Å². The lowest BCUT2D eigenvalue weighted by atomic mass is 10.1. The van der Waals surface area contributed by atoms with Crippen LogP contribution in [0.3, 0.4) is 0 Å². The third-order valence-electron chi connectivity index (χ3n) is 4.94. The number of ether oxygens (including phenoxy) is 1. The first-order valence-corrected chi connectivity index (χ1v) is 11.2. The number of nitrogens with zero attached hydrogens (tertiary/aromatic N) is 2. The van der Waals surface area contributed by atoms with Crippen LogP contribution in [0.15, 0.2) is 57.0 Å². The number of nitrogens with one attached hydrogen (secondary N) is 1. The Morgan fingerprint density at radius 2 is 1.97 bits per heavy atom. The van der Waals surface area contributed by atoms with E-state index in [9.17, 15) is 9.59 Å². The molecule has 0 unspecified atom stereocenters. The van der Waals surface area contributed by atoms with Gasteiger partial charge in [0.15, 0.2) is 5.17 Å². The summed E-state index contributed by atoms with van der Waals surface area (Å²) >= 11 is 4.86. The molecule has 1 saturated heterocycles. The minimum absolute atomic E-state index is 0.106. The number of halogens is 1. The summed E-state index contributed by atoms with van der Waals surface area (Å²) < 4.78 is 7.68. The second-order valence-corrected chi connectivity index (χ2v) is 9.00. The lowest BCUT2D eigenvalue weighted by molar-refractivity contribution is -0.141. The number of carbonyl (C=O) groups excluding carboxylic acids is 2. The molecule has 31 heavy (non-hydrogen) atoms. The molecule has 6 nitrogen and oxygen atoms in total. The number of para-hydroxylation sites is 1. The zero-order chi connectivity index (χ0) is 22.1. The molecule has 0 atom stereocenters. The lowest BCUT2D eigenvalue weighted by Crippen LogP contribution is -2.19. The van der Waals surface area contributed by atoms with Crippen LogP contribution in [-0.4, -0.2) is 28.7 Å². The summed E-state index contributed by atoms with van der Waals surface area (Å²) in [4.78, 5) is 29.5. The van der Waals surface area contributed by atoms with Crippen molar-refractivity contribution in [2.45, 2.75) is 20.4 Å². The maximum atomic E-state index is 12.6. The summed E-state index contributed by atoms with van der Waals surface area (Å²) in [5.74, 6) is -0.526. The molecule has 8 heteroatoms. The zero-order valence-corrected chi connectivity index (χ0v) is 19.6. The molecule has 4 rings (SSSR count). The monoisotopic (exact) mass is 497 g/mol. The second-order valence-electron chi connectivity index (χ2n) is 7.18. The Labute approximate surface area is 192 Å². The Morgan fingerprint density at radius 3 is 2.68 bits per heavy atom. The average molecular weight is 498 g/mol. The number of thioether (sulfide) groups is 1. The molecule has 0 saturated carbocycles. The Balaban J connectivity index is 1.66. The minimum atomic E-state index is -0.331. The number of aliphatic imine (C=N–C) groups is 1. The fraction of sp³-hybridized carbons (Fsp3) is 0.174. The van der Waals surface area contributed by atoms with Gasteiger partial charge in [0, 0.05) is 27.1 Å². The Bertz CT molecular complexity index is 1250. The topological polar surface area (TPSA) is 72.7 Å². The standard InChI is InChI=1S/C23H20BrN3O3S/c1-13-8-16(9-14(2)21(13)24)25-23-26-22(29)19(31-23)10-15-11-27(12-20(28)30-3)18-7-5-4-6-17(15)18/h4-11H,12H2,1-3H3,(H,25,26,29)/b19-10-.